The van der Waals surface area contributed by atoms with E-state index in [2.05, 4.69) is 10.9 Å². The molecule has 0 bridgehead atoms. The van der Waals surface area contributed by atoms with Gasteiger partial charge in [-0.1, -0.05) is 11.6 Å². The molecule has 1 amide bonds. The lowest BCUT2D eigenvalue weighted by molar-refractivity contribution is 0.100. The molecule has 0 saturated carbocycles. The molecule has 6 heteroatoms. The second-order valence-electron chi connectivity index (χ2n) is 4.42. The van der Waals surface area contributed by atoms with Gasteiger partial charge >= 0.3 is 0 Å². The Labute approximate surface area is 111 Å². The Balaban J connectivity index is 2.15. The fourth-order valence-electron chi connectivity index (χ4n) is 2.17. The highest BCUT2D eigenvalue weighted by Crippen LogP contribution is 2.29. The van der Waals surface area contributed by atoms with Crippen molar-refractivity contribution in [2.75, 3.05) is 18.0 Å². The fourth-order valence-corrected chi connectivity index (χ4v) is 2.47. The molecule has 1 aromatic rings. The number of nitriles is 1. The third kappa shape index (κ3) is 2.60. The van der Waals surface area contributed by atoms with Gasteiger partial charge in [-0.2, -0.15) is 0 Å². The van der Waals surface area contributed by atoms with Gasteiger partial charge in [-0.15, -0.1) is 0 Å². The van der Waals surface area contributed by atoms with Gasteiger partial charge in [0.2, 0.25) is 5.91 Å². The van der Waals surface area contributed by atoms with E-state index in [1.807, 2.05) is 6.07 Å². The van der Waals surface area contributed by atoms with Crippen LogP contribution in [-0.2, 0) is 0 Å². The van der Waals surface area contributed by atoms with E-state index in [0.29, 0.717) is 10.6 Å². The number of carbonyl (C=O) groups is 1. The molecular formula is C12H13BClN3O. The Hall–Kier alpha value is -1.67. The molecule has 4 nitrogen and oxygen atoms in total. The maximum Gasteiger partial charge on any atom is 0.271 e. The Kier molecular flexibility index (Phi) is 3.78. The van der Waals surface area contributed by atoms with Gasteiger partial charge in [0.25, 0.3) is 6.71 Å². The topological polar surface area (TPSA) is 70.1 Å². The summed E-state index contributed by atoms with van der Waals surface area (Å²) in [4.78, 5) is 13.2. The third-order valence-electron chi connectivity index (χ3n) is 3.25. The zero-order valence-electron chi connectivity index (χ0n) is 9.90. The average molecular weight is 262 g/mol. The molecule has 0 spiro atoms. The number of hydrogen-bond acceptors (Lipinski definition) is 3. The summed E-state index contributed by atoms with van der Waals surface area (Å²) < 4.78 is 0. The number of benzene rings is 1. The normalized spacial score (nSPS) is 15.3. The van der Waals surface area contributed by atoms with Gasteiger partial charge in [-0.3, -0.25) is 4.79 Å². The minimum Gasteiger partial charge on any atom is -0.372 e. The van der Waals surface area contributed by atoms with Crippen LogP contribution < -0.4 is 10.6 Å². The van der Waals surface area contributed by atoms with Crippen molar-refractivity contribution in [3.8, 4) is 5.97 Å². The lowest BCUT2D eigenvalue weighted by Gasteiger charge is -2.30. The lowest BCUT2D eigenvalue weighted by Crippen LogP contribution is -2.36. The summed E-state index contributed by atoms with van der Waals surface area (Å²) in [5, 5.41) is 9.38. The van der Waals surface area contributed by atoms with E-state index in [4.69, 9.17) is 22.6 Å². The van der Waals surface area contributed by atoms with Crippen LogP contribution in [0.2, 0.25) is 17.7 Å². The third-order valence-corrected chi connectivity index (χ3v) is 3.55. The minimum absolute atomic E-state index is 0.143. The Morgan fingerprint density at radius 1 is 1.44 bits per heavy atom. The van der Waals surface area contributed by atoms with Gasteiger partial charge in [0, 0.05) is 24.6 Å². The Morgan fingerprint density at radius 2 is 2.11 bits per heavy atom. The van der Waals surface area contributed by atoms with Crippen LogP contribution >= 0.6 is 11.6 Å². The van der Waals surface area contributed by atoms with Crippen molar-refractivity contribution in [3.63, 3.8) is 0 Å². The van der Waals surface area contributed by atoms with E-state index in [-0.39, 0.29) is 6.71 Å². The van der Waals surface area contributed by atoms with E-state index in [9.17, 15) is 4.79 Å². The van der Waals surface area contributed by atoms with Crippen molar-refractivity contribution >= 4 is 29.9 Å². The number of amides is 1. The van der Waals surface area contributed by atoms with E-state index in [1.54, 1.807) is 12.1 Å². The van der Waals surface area contributed by atoms with Crippen LogP contribution in [0, 0.1) is 11.2 Å². The van der Waals surface area contributed by atoms with Crippen LogP contribution in [0.3, 0.4) is 0 Å². The van der Waals surface area contributed by atoms with Gasteiger partial charge in [-0.25, -0.2) is 5.26 Å². The highest BCUT2D eigenvalue weighted by atomic mass is 35.5. The van der Waals surface area contributed by atoms with Crippen molar-refractivity contribution in [2.45, 2.75) is 12.6 Å². The number of carbonyl (C=O) groups excluding carboxylic acids is 1. The van der Waals surface area contributed by atoms with Crippen LogP contribution in [0.25, 0.3) is 0 Å². The molecule has 1 aliphatic rings. The molecule has 2 rings (SSSR count). The first kappa shape index (κ1) is 12.8. The molecule has 1 fully saturated rings. The van der Waals surface area contributed by atoms with Crippen LogP contribution in [-0.4, -0.2) is 25.7 Å². The molecular weight excluding hydrogens is 248 g/mol. The van der Waals surface area contributed by atoms with Crippen LogP contribution in [0.1, 0.15) is 10.4 Å². The SMILES string of the molecule is N#CB1CCN(c2ccc(C(N)=O)cc2Cl)CC1. The van der Waals surface area contributed by atoms with Crippen molar-refractivity contribution < 1.29 is 4.79 Å². The van der Waals surface area contributed by atoms with Crippen molar-refractivity contribution in [2.24, 2.45) is 5.73 Å². The van der Waals surface area contributed by atoms with Crippen molar-refractivity contribution in [1.82, 2.24) is 0 Å². The van der Waals surface area contributed by atoms with E-state index in [1.165, 1.54) is 0 Å². The minimum atomic E-state index is -0.480. The smallest absolute Gasteiger partial charge is 0.271 e. The first-order chi connectivity index (χ1) is 8.61. The molecule has 2 N–H and O–H groups in total. The molecule has 0 aromatic heterocycles. The molecule has 1 aliphatic heterocycles. The second-order valence-corrected chi connectivity index (χ2v) is 4.83. The van der Waals surface area contributed by atoms with E-state index >= 15 is 0 Å². The summed E-state index contributed by atoms with van der Waals surface area (Å²) in [6.45, 7) is 1.77. The molecule has 92 valence electrons. The second kappa shape index (κ2) is 5.32. The number of rotatable bonds is 2. The van der Waals surface area contributed by atoms with Gasteiger partial charge in [0.15, 0.2) is 0 Å². The first-order valence-electron chi connectivity index (χ1n) is 5.85. The predicted octanol–water partition coefficient (Wildman–Crippen LogP) is 1.82. The maximum absolute atomic E-state index is 11.0. The summed E-state index contributed by atoms with van der Waals surface area (Å²) in [6.07, 6.45) is 1.70. The lowest BCUT2D eigenvalue weighted by atomic mass is 9.45. The van der Waals surface area contributed by atoms with E-state index < -0.39 is 5.91 Å². The molecule has 1 saturated heterocycles. The van der Waals surface area contributed by atoms with Gasteiger partial charge in [-0.05, 0) is 30.8 Å². The number of anilines is 1. The van der Waals surface area contributed by atoms with E-state index in [0.717, 1.165) is 31.4 Å². The summed E-state index contributed by atoms with van der Waals surface area (Å²) >= 11 is 6.16. The fraction of sp³-hybridized carbons (Fsp3) is 0.333. The number of halogens is 1. The monoisotopic (exact) mass is 261 g/mol. The van der Waals surface area contributed by atoms with Crippen molar-refractivity contribution in [1.29, 1.82) is 5.26 Å². The van der Waals surface area contributed by atoms with Gasteiger partial charge in [0.05, 0.1) is 10.7 Å². The predicted molar refractivity (Wildman–Crippen MR) is 73.2 cm³/mol. The van der Waals surface area contributed by atoms with Crippen molar-refractivity contribution in [3.05, 3.63) is 28.8 Å². The standard InChI is InChI=1S/C12H13BClN3O/c14-10-7-9(12(16)18)1-2-11(10)17-5-3-13(8-15)4-6-17/h1-2,7H,3-6H2,(H2,16,18). The quantitative estimate of drug-likeness (QED) is 0.826. The van der Waals surface area contributed by atoms with Crippen LogP contribution in [0.15, 0.2) is 18.2 Å². The molecule has 0 radical (unpaired) electrons. The molecule has 1 heterocycles. The highest BCUT2D eigenvalue weighted by Gasteiger charge is 2.23. The number of nitrogens with zero attached hydrogens (tertiary/aromatic N) is 2. The summed E-state index contributed by atoms with van der Waals surface area (Å²) in [5.74, 6) is 1.81. The van der Waals surface area contributed by atoms with Gasteiger partial charge < -0.3 is 10.6 Å². The number of hydrogen-bond donors (Lipinski definition) is 1. The summed E-state index contributed by atoms with van der Waals surface area (Å²) in [5.41, 5.74) is 6.51. The van der Waals surface area contributed by atoms with Gasteiger partial charge in [0.1, 0.15) is 0 Å². The highest BCUT2D eigenvalue weighted by molar-refractivity contribution is 6.67. The molecule has 18 heavy (non-hydrogen) atoms. The largest absolute Gasteiger partial charge is 0.372 e. The summed E-state index contributed by atoms with van der Waals surface area (Å²) in [6, 6.07) is 5.09. The average Bonchev–Trinajstić information content (AvgIpc) is 2.38. The number of nitrogens with two attached hydrogens (primary N) is 1. The molecule has 0 unspecified atom stereocenters. The first-order valence-corrected chi connectivity index (χ1v) is 6.23. The zero-order valence-corrected chi connectivity index (χ0v) is 10.7. The van der Waals surface area contributed by atoms with Crippen LogP contribution in [0.5, 0.6) is 0 Å². The number of primary amides is 1. The molecule has 1 aromatic carbocycles. The Bertz CT molecular complexity index is 507. The Morgan fingerprint density at radius 3 is 2.61 bits per heavy atom. The zero-order chi connectivity index (χ0) is 13.1. The molecule has 0 atom stereocenters. The molecule has 0 aliphatic carbocycles. The van der Waals surface area contributed by atoms with Crippen LogP contribution in [0.4, 0.5) is 5.69 Å². The summed E-state index contributed by atoms with van der Waals surface area (Å²) in [7, 11) is 0. The maximum atomic E-state index is 11.0.